The third kappa shape index (κ3) is 4.23. The van der Waals surface area contributed by atoms with Crippen molar-refractivity contribution >= 4 is 74.7 Å². The molecule has 0 aromatic heterocycles. The monoisotopic (exact) mass is 604 g/mol. The summed E-state index contributed by atoms with van der Waals surface area (Å²) in [5, 5.41) is 7.86. The molecule has 5 rings (SSSR count). The van der Waals surface area contributed by atoms with Crippen LogP contribution >= 0.6 is 42.9 Å². The van der Waals surface area contributed by atoms with Gasteiger partial charge in [0.25, 0.3) is 0 Å². The van der Waals surface area contributed by atoms with Crippen LogP contribution in [0.25, 0.3) is 0 Å². The fourth-order valence-electron chi connectivity index (χ4n) is 4.37. The molecule has 0 atom stereocenters. The van der Waals surface area contributed by atoms with E-state index in [0.29, 0.717) is 0 Å². The van der Waals surface area contributed by atoms with Gasteiger partial charge in [-0.3, -0.25) is 0 Å². The second kappa shape index (κ2) is 9.88. The molecule has 0 fully saturated rings. The standard InChI is InChI=1S/C30H24Br2P2/c31-34(32,27-19-9-3-10-20-27,28-21-11-4-12-22-28)30-24-14-13-23-29(30)33(25-15-5-1-6-16-25)26-17-7-2-8-18-26/h1-24H. The quantitative estimate of drug-likeness (QED) is 0.185. The maximum absolute atomic E-state index is 4.44. The van der Waals surface area contributed by atoms with Crippen LogP contribution < -0.4 is 31.8 Å². The Morgan fingerprint density at radius 3 is 1.21 bits per heavy atom. The second-order valence-corrected chi connectivity index (χ2v) is 25.0. The van der Waals surface area contributed by atoms with Crippen molar-refractivity contribution in [3.8, 4) is 0 Å². The van der Waals surface area contributed by atoms with Crippen LogP contribution in [0.15, 0.2) is 146 Å². The summed E-state index contributed by atoms with van der Waals surface area (Å²) in [7, 11) is -0.771. The molecule has 0 aliphatic carbocycles. The summed E-state index contributed by atoms with van der Waals surface area (Å²) in [6.07, 6.45) is 0. The first-order valence-corrected chi connectivity index (χ1v) is 18.8. The Hall–Kier alpha value is -2.08. The van der Waals surface area contributed by atoms with Crippen molar-refractivity contribution < 1.29 is 0 Å². The van der Waals surface area contributed by atoms with Gasteiger partial charge in [0, 0.05) is 0 Å². The Morgan fingerprint density at radius 1 is 0.412 bits per heavy atom. The second-order valence-electron chi connectivity index (χ2n) is 8.07. The van der Waals surface area contributed by atoms with Gasteiger partial charge in [0.1, 0.15) is 0 Å². The number of rotatable bonds is 6. The van der Waals surface area contributed by atoms with Gasteiger partial charge in [0.2, 0.25) is 0 Å². The molecule has 0 saturated carbocycles. The molecule has 0 spiro atoms. The van der Waals surface area contributed by atoms with E-state index in [0.717, 1.165) is 0 Å². The van der Waals surface area contributed by atoms with Crippen molar-refractivity contribution in [3.63, 3.8) is 0 Å². The van der Waals surface area contributed by atoms with Gasteiger partial charge in [-0.1, -0.05) is 0 Å². The van der Waals surface area contributed by atoms with Crippen molar-refractivity contribution in [2.75, 3.05) is 0 Å². The van der Waals surface area contributed by atoms with Crippen LogP contribution in [0.3, 0.4) is 0 Å². The average molecular weight is 606 g/mol. The van der Waals surface area contributed by atoms with E-state index in [9.17, 15) is 0 Å². The first kappa shape index (κ1) is 23.7. The topological polar surface area (TPSA) is 0 Å². The Bertz CT molecular complexity index is 1290. The Labute approximate surface area is 219 Å². The zero-order valence-electron chi connectivity index (χ0n) is 18.5. The predicted octanol–water partition coefficient (Wildman–Crippen LogP) is 6.89. The van der Waals surface area contributed by atoms with Crippen LogP contribution in [0.4, 0.5) is 0 Å². The molecular formula is C30H24Br2P2. The van der Waals surface area contributed by atoms with Crippen LogP contribution in [0, 0.1) is 0 Å². The number of halogens is 2. The third-order valence-electron chi connectivity index (χ3n) is 5.99. The van der Waals surface area contributed by atoms with Gasteiger partial charge in [0.15, 0.2) is 0 Å². The van der Waals surface area contributed by atoms with Gasteiger partial charge in [0.05, 0.1) is 0 Å². The van der Waals surface area contributed by atoms with Crippen LogP contribution in [-0.4, -0.2) is 0 Å². The summed E-state index contributed by atoms with van der Waals surface area (Å²) in [5.41, 5.74) is 0. The number of hydrogen-bond donors (Lipinski definition) is 0. The van der Waals surface area contributed by atoms with Crippen LogP contribution in [0.1, 0.15) is 0 Å². The minimum absolute atomic E-state index is 0.771. The van der Waals surface area contributed by atoms with Crippen molar-refractivity contribution in [2.45, 2.75) is 0 Å². The number of hydrogen-bond acceptors (Lipinski definition) is 0. The van der Waals surface area contributed by atoms with Gasteiger partial charge >= 0.3 is 220 Å². The summed E-state index contributed by atoms with van der Waals surface area (Å²) in [6, 6.07) is 52.4. The Morgan fingerprint density at radius 2 is 0.765 bits per heavy atom. The SMILES string of the molecule is BrP(Br)(c1ccccc1)(c1ccccc1)c1ccccc1P(c1ccccc1)c1ccccc1. The van der Waals surface area contributed by atoms with Crippen molar-refractivity contribution in [3.05, 3.63) is 146 Å². The molecule has 168 valence electrons. The molecule has 0 unspecified atom stereocenters. The molecule has 34 heavy (non-hydrogen) atoms. The molecule has 0 aliphatic heterocycles. The van der Waals surface area contributed by atoms with E-state index in [2.05, 4.69) is 177 Å². The molecule has 5 aromatic rings. The van der Waals surface area contributed by atoms with Gasteiger partial charge in [-0.05, 0) is 0 Å². The molecule has 4 heteroatoms. The molecule has 0 amide bonds. The Balaban J connectivity index is 1.85. The van der Waals surface area contributed by atoms with E-state index in [-0.39, 0.29) is 0 Å². The molecular weight excluding hydrogens is 582 g/mol. The fraction of sp³-hybridized carbons (Fsp3) is 0. The van der Waals surface area contributed by atoms with E-state index < -0.39 is 11.9 Å². The van der Waals surface area contributed by atoms with E-state index in [4.69, 9.17) is 0 Å². The van der Waals surface area contributed by atoms with Gasteiger partial charge < -0.3 is 0 Å². The zero-order chi connectivity index (χ0) is 23.5. The van der Waals surface area contributed by atoms with Crippen molar-refractivity contribution in [2.24, 2.45) is 0 Å². The molecule has 0 nitrogen and oxygen atoms in total. The first-order valence-electron chi connectivity index (χ1n) is 11.1. The maximum atomic E-state index is 4.44. The molecule has 0 radical (unpaired) electrons. The normalized spacial score (nSPS) is 12.7. The molecule has 5 aromatic carbocycles. The van der Waals surface area contributed by atoms with E-state index in [1.54, 1.807) is 0 Å². The van der Waals surface area contributed by atoms with E-state index >= 15 is 0 Å². The first-order chi connectivity index (χ1) is 16.6. The summed E-state index contributed by atoms with van der Waals surface area (Å²) < 4.78 is -3.12. The number of benzene rings is 5. The minimum atomic E-state index is -3.12. The molecule has 0 heterocycles. The van der Waals surface area contributed by atoms with Gasteiger partial charge in [-0.25, -0.2) is 0 Å². The fourth-order valence-corrected chi connectivity index (χ4v) is 16.2. The summed E-state index contributed by atoms with van der Waals surface area (Å²) >= 11 is 8.87. The zero-order valence-corrected chi connectivity index (χ0v) is 23.5. The summed E-state index contributed by atoms with van der Waals surface area (Å²) in [6.45, 7) is 0. The molecule has 0 N–H and O–H groups in total. The van der Waals surface area contributed by atoms with E-state index in [1.807, 2.05) is 0 Å². The van der Waals surface area contributed by atoms with Gasteiger partial charge in [-0.2, -0.15) is 0 Å². The van der Waals surface area contributed by atoms with E-state index in [1.165, 1.54) is 31.8 Å². The van der Waals surface area contributed by atoms with Crippen LogP contribution in [0.2, 0.25) is 0 Å². The van der Waals surface area contributed by atoms with Crippen LogP contribution in [0.5, 0.6) is 0 Å². The van der Waals surface area contributed by atoms with Gasteiger partial charge in [-0.15, -0.1) is 0 Å². The molecule has 0 saturated heterocycles. The third-order valence-corrected chi connectivity index (χ3v) is 19.5. The summed E-state index contributed by atoms with van der Waals surface area (Å²) in [4.78, 5) is 0. The average Bonchev–Trinajstić information content (AvgIpc) is 2.91. The summed E-state index contributed by atoms with van der Waals surface area (Å²) in [5.74, 6) is 0. The van der Waals surface area contributed by atoms with Crippen LogP contribution in [-0.2, 0) is 0 Å². The predicted molar refractivity (Wildman–Crippen MR) is 162 cm³/mol. The molecule has 0 aliphatic rings. The Kier molecular flexibility index (Phi) is 6.88. The van der Waals surface area contributed by atoms with Crippen molar-refractivity contribution in [1.29, 1.82) is 0 Å². The van der Waals surface area contributed by atoms with Crippen molar-refractivity contribution in [1.82, 2.24) is 0 Å². The molecule has 0 bridgehead atoms.